The lowest BCUT2D eigenvalue weighted by Crippen LogP contribution is -2.35. The van der Waals surface area contributed by atoms with Crippen LogP contribution in [0.1, 0.15) is 46.8 Å². The van der Waals surface area contributed by atoms with Crippen molar-refractivity contribution in [2.45, 2.75) is 31.2 Å². The molecule has 2 aliphatic rings. The number of carboxylic acid groups (broad SMARTS) is 1. The van der Waals surface area contributed by atoms with Crippen LogP contribution in [0.4, 0.5) is 10.5 Å². The quantitative estimate of drug-likeness (QED) is 0.500. The average Bonchev–Trinajstić information content (AvgIpc) is 3.54. The Morgan fingerprint density at radius 3 is 2.37 bits per heavy atom. The molecule has 1 fully saturated rings. The Kier molecular flexibility index (Phi) is 5.98. The molecule has 0 radical (unpaired) electrons. The van der Waals surface area contributed by atoms with Crippen molar-refractivity contribution in [3.8, 4) is 11.1 Å². The molecule has 1 saturated carbocycles. The second-order valence-corrected chi connectivity index (χ2v) is 9.04. The second-order valence-electron chi connectivity index (χ2n) is 9.04. The fraction of sp³-hybridized carbons (Fsp3) is 0.308. The van der Waals surface area contributed by atoms with Crippen LogP contribution in [-0.4, -0.2) is 45.5 Å². The number of carboxylic acids is 1. The predicted molar refractivity (Wildman–Crippen MR) is 128 cm³/mol. The van der Waals surface area contributed by atoms with Crippen LogP contribution >= 0.6 is 0 Å². The van der Waals surface area contributed by atoms with Crippen LogP contribution in [0.2, 0.25) is 0 Å². The number of ether oxygens (including phenoxy) is 1. The fourth-order valence-corrected chi connectivity index (χ4v) is 5.13. The maximum atomic E-state index is 12.7. The van der Waals surface area contributed by atoms with Gasteiger partial charge in [0.25, 0.3) is 0 Å². The SMILES string of the molecule is Cn1cc(NC(=O)[C@@H]2CC[C@H](NC(=O)OCC3c4ccccc4-c4ccccc43)C2)c(C(=O)O)n1. The van der Waals surface area contributed by atoms with Crippen LogP contribution in [-0.2, 0) is 16.6 Å². The lowest BCUT2D eigenvalue weighted by Gasteiger charge is -2.17. The van der Waals surface area contributed by atoms with E-state index in [9.17, 15) is 19.5 Å². The maximum absolute atomic E-state index is 12.7. The van der Waals surface area contributed by atoms with E-state index in [0.29, 0.717) is 19.3 Å². The summed E-state index contributed by atoms with van der Waals surface area (Å²) in [5.74, 6) is -1.84. The van der Waals surface area contributed by atoms with Gasteiger partial charge in [-0.25, -0.2) is 9.59 Å². The first-order valence-electron chi connectivity index (χ1n) is 11.6. The van der Waals surface area contributed by atoms with Gasteiger partial charge in [-0.2, -0.15) is 5.10 Å². The largest absolute Gasteiger partial charge is 0.476 e. The highest BCUT2D eigenvalue weighted by Crippen LogP contribution is 2.44. The number of fused-ring (bicyclic) bond motifs is 3. The Hall–Kier alpha value is -4.14. The van der Waals surface area contributed by atoms with Crippen LogP contribution in [0.3, 0.4) is 0 Å². The highest BCUT2D eigenvalue weighted by atomic mass is 16.5. The molecule has 0 unspecified atom stereocenters. The van der Waals surface area contributed by atoms with E-state index in [1.807, 2.05) is 24.3 Å². The lowest BCUT2D eigenvalue weighted by atomic mass is 9.98. The third kappa shape index (κ3) is 4.49. The number of anilines is 1. The molecule has 0 bridgehead atoms. The number of nitrogens with zero attached hydrogens (tertiary/aromatic N) is 2. The molecule has 2 aromatic carbocycles. The molecule has 2 aliphatic carbocycles. The van der Waals surface area contributed by atoms with Crippen LogP contribution < -0.4 is 10.6 Å². The molecule has 3 aromatic rings. The number of carbonyl (C=O) groups excluding carboxylic acids is 2. The Labute approximate surface area is 202 Å². The molecule has 0 spiro atoms. The summed E-state index contributed by atoms with van der Waals surface area (Å²) < 4.78 is 6.95. The molecule has 5 rings (SSSR count). The zero-order valence-corrected chi connectivity index (χ0v) is 19.2. The van der Waals surface area contributed by atoms with Gasteiger partial charge in [0, 0.05) is 31.1 Å². The smallest absolute Gasteiger partial charge is 0.407 e. The number of aromatic nitrogens is 2. The van der Waals surface area contributed by atoms with Gasteiger partial charge >= 0.3 is 12.1 Å². The topological polar surface area (TPSA) is 123 Å². The molecule has 2 amide bonds. The molecular weight excluding hydrogens is 448 g/mol. The summed E-state index contributed by atoms with van der Waals surface area (Å²) in [7, 11) is 1.59. The summed E-state index contributed by atoms with van der Waals surface area (Å²) in [6.45, 7) is 0.232. The summed E-state index contributed by atoms with van der Waals surface area (Å²) in [4.78, 5) is 36.6. The van der Waals surface area contributed by atoms with E-state index in [0.717, 1.165) is 11.1 Å². The minimum absolute atomic E-state index is 0.0156. The number of aryl methyl sites for hydroxylation is 1. The molecule has 35 heavy (non-hydrogen) atoms. The Morgan fingerprint density at radius 2 is 1.71 bits per heavy atom. The van der Waals surface area contributed by atoms with Gasteiger partial charge in [-0.05, 0) is 41.5 Å². The van der Waals surface area contributed by atoms with E-state index < -0.39 is 12.1 Å². The van der Waals surface area contributed by atoms with Crippen molar-refractivity contribution >= 4 is 23.7 Å². The summed E-state index contributed by atoms with van der Waals surface area (Å²) in [6, 6.07) is 16.1. The van der Waals surface area contributed by atoms with Gasteiger partial charge < -0.3 is 20.5 Å². The van der Waals surface area contributed by atoms with Crippen LogP contribution in [0.5, 0.6) is 0 Å². The van der Waals surface area contributed by atoms with Crippen molar-refractivity contribution in [2.24, 2.45) is 13.0 Å². The highest BCUT2D eigenvalue weighted by Gasteiger charge is 2.33. The van der Waals surface area contributed by atoms with Gasteiger partial charge in [-0.3, -0.25) is 9.48 Å². The number of carbonyl (C=O) groups is 3. The van der Waals surface area contributed by atoms with E-state index in [1.54, 1.807) is 7.05 Å². The molecule has 180 valence electrons. The Balaban J connectivity index is 1.15. The van der Waals surface area contributed by atoms with Crippen LogP contribution in [0, 0.1) is 5.92 Å². The number of aromatic carboxylic acids is 1. The van der Waals surface area contributed by atoms with E-state index in [1.165, 1.54) is 22.0 Å². The highest BCUT2D eigenvalue weighted by molar-refractivity contribution is 5.99. The van der Waals surface area contributed by atoms with Crippen LogP contribution in [0.25, 0.3) is 11.1 Å². The first kappa shape index (κ1) is 22.6. The second kappa shape index (κ2) is 9.25. The van der Waals surface area contributed by atoms with E-state index in [2.05, 4.69) is 40.0 Å². The number of benzene rings is 2. The van der Waals surface area contributed by atoms with Gasteiger partial charge in [0.15, 0.2) is 5.69 Å². The summed E-state index contributed by atoms with van der Waals surface area (Å²) in [5.41, 5.74) is 4.60. The first-order valence-corrected chi connectivity index (χ1v) is 11.6. The molecule has 3 N–H and O–H groups in total. The summed E-state index contributed by atoms with van der Waals surface area (Å²) in [5, 5.41) is 18.6. The minimum atomic E-state index is -1.21. The van der Waals surface area contributed by atoms with Crippen molar-refractivity contribution in [3.63, 3.8) is 0 Å². The van der Waals surface area contributed by atoms with Gasteiger partial charge in [0.1, 0.15) is 6.61 Å². The number of hydrogen-bond donors (Lipinski definition) is 3. The van der Waals surface area contributed by atoms with Gasteiger partial charge in [0.2, 0.25) is 5.91 Å². The van der Waals surface area contributed by atoms with E-state index in [-0.39, 0.29) is 41.8 Å². The van der Waals surface area contributed by atoms with Crippen molar-refractivity contribution in [1.82, 2.24) is 15.1 Å². The van der Waals surface area contributed by atoms with Gasteiger partial charge in [0.05, 0.1) is 5.69 Å². The van der Waals surface area contributed by atoms with Gasteiger partial charge in [-0.15, -0.1) is 0 Å². The van der Waals surface area contributed by atoms with Crippen molar-refractivity contribution in [2.75, 3.05) is 11.9 Å². The van der Waals surface area contributed by atoms with E-state index in [4.69, 9.17) is 4.74 Å². The van der Waals surface area contributed by atoms with Crippen LogP contribution in [0.15, 0.2) is 54.7 Å². The van der Waals surface area contributed by atoms with Crippen molar-refractivity contribution < 1.29 is 24.2 Å². The Morgan fingerprint density at radius 1 is 1.06 bits per heavy atom. The van der Waals surface area contributed by atoms with E-state index >= 15 is 0 Å². The lowest BCUT2D eigenvalue weighted by molar-refractivity contribution is -0.119. The first-order chi connectivity index (χ1) is 16.9. The van der Waals surface area contributed by atoms with Gasteiger partial charge in [-0.1, -0.05) is 48.5 Å². The third-order valence-corrected chi connectivity index (χ3v) is 6.76. The summed E-state index contributed by atoms with van der Waals surface area (Å²) in [6.07, 6.45) is 2.64. The molecule has 9 heteroatoms. The zero-order chi connectivity index (χ0) is 24.5. The van der Waals surface area contributed by atoms with Crippen molar-refractivity contribution in [1.29, 1.82) is 0 Å². The maximum Gasteiger partial charge on any atom is 0.407 e. The van der Waals surface area contributed by atoms with Crippen molar-refractivity contribution in [3.05, 3.63) is 71.5 Å². The number of amides is 2. The predicted octanol–water partition coefficient (Wildman–Crippen LogP) is 3.76. The molecule has 1 aromatic heterocycles. The number of alkyl carbamates (subject to hydrolysis) is 1. The summed E-state index contributed by atoms with van der Waals surface area (Å²) >= 11 is 0. The fourth-order valence-electron chi connectivity index (χ4n) is 5.13. The molecule has 9 nitrogen and oxygen atoms in total. The minimum Gasteiger partial charge on any atom is -0.476 e. The molecule has 0 aliphatic heterocycles. The monoisotopic (exact) mass is 474 g/mol. The number of nitrogens with one attached hydrogen (secondary N) is 2. The third-order valence-electron chi connectivity index (χ3n) is 6.76. The number of hydrogen-bond acceptors (Lipinski definition) is 5. The number of rotatable bonds is 6. The standard InChI is InChI=1S/C26H26N4O5/c1-30-13-22(23(29-30)25(32)33)28-24(31)15-10-11-16(12-15)27-26(34)35-14-21-19-8-4-2-6-17(19)18-7-3-5-9-20(18)21/h2-9,13,15-16,21H,10-12,14H2,1H3,(H,27,34)(H,28,31)(H,32,33)/t15-,16+/m1/s1. The molecular formula is C26H26N4O5. The molecule has 0 saturated heterocycles. The molecule has 2 atom stereocenters. The molecule has 1 heterocycles. The normalized spacial score (nSPS) is 18.5. The Bertz CT molecular complexity index is 1250. The average molecular weight is 475 g/mol. The zero-order valence-electron chi connectivity index (χ0n) is 19.2.